The van der Waals surface area contributed by atoms with E-state index in [1.807, 2.05) is 6.20 Å². The highest BCUT2D eigenvalue weighted by Crippen LogP contribution is 2.40. The number of Topliss-reactive ketones (excluding diaryl/α,β-unsaturated/α-hetero) is 1. The molecular formula is C30H33N3O2. The first-order valence-electron chi connectivity index (χ1n) is 12.9. The quantitative estimate of drug-likeness (QED) is 0.366. The Bertz CT molecular complexity index is 1390. The third-order valence-corrected chi connectivity index (χ3v) is 7.67. The molecule has 1 N–H and O–H groups in total. The van der Waals surface area contributed by atoms with Gasteiger partial charge in [-0.05, 0) is 99.1 Å². The molecule has 2 aromatic heterocycles. The van der Waals surface area contributed by atoms with Crippen molar-refractivity contribution in [3.05, 3.63) is 59.8 Å². The molecule has 5 nitrogen and oxygen atoms in total. The van der Waals surface area contributed by atoms with Crippen LogP contribution < -0.4 is 4.74 Å². The lowest BCUT2D eigenvalue weighted by molar-refractivity contribution is -0.119. The molecule has 1 aliphatic carbocycles. The summed E-state index contributed by atoms with van der Waals surface area (Å²) in [6, 6.07) is 14.9. The number of carbonyl (C=O) groups is 1. The van der Waals surface area contributed by atoms with E-state index >= 15 is 0 Å². The Kier molecular flexibility index (Phi) is 5.81. The second kappa shape index (κ2) is 9.12. The van der Waals surface area contributed by atoms with E-state index in [-0.39, 0.29) is 5.92 Å². The lowest BCUT2D eigenvalue weighted by Gasteiger charge is -2.28. The van der Waals surface area contributed by atoms with Crippen molar-refractivity contribution in [2.75, 3.05) is 26.7 Å². The van der Waals surface area contributed by atoms with Gasteiger partial charge in [0.2, 0.25) is 0 Å². The number of fused-ring (bicyclic) bond motifs is 3. The van der Waals surface area contributed by atoms with E-state index < -0.39 is 0 Å². The maximum Gasteiger partial charge on any atom is 0.143 e. The van der Waals surface area contributed by atoms with Gasteiger partial charge in [-0.1, -0.05) is 24.3 Å². The minimum Gasteiger partial charge on any atom is -0.491 e. The molecule has 0 bridgehead atoms. The Hall–Kier alpha value is -3.18. The highest BCUT2D eigenvalue weighted by molar-refractivity contribution is 6.15. The normalized spacial score (nSPS) is 17.3. The molecule has 3 heterocycles. The molecular weight excluding hydrogens is 434 g/mol. The van der Waals surface area contributed by atoms with Crippen molar-refractivity contribution >= 4 is 27.7 Å². The minimum absolute atomic E-state index is 0.286. The standard InChI is InChI=1S/C30H33N3O2/c1-19-14-25-28-24(23-5-3-4-21(15-23)16-26(34)22-6-7-22)8-9-27(29(28)32-30(25)31-17-19)35-18-20-10-12-33(2)13-11-20/h3-5,8-9,14-15,17,20,22H,6-7,10-13,16,18H2,1-2H3,(H,31,32). The van der Waals surface area contributed by atoms with Gasteiger partial charge in [-0.15, -0.1) is 0 Å². The third kappa shape index (κ3) is 4.57. The number of ketones is 1. The molecule has 0 amide bonds. The highest BCUT2D eigenvalue weighted by atomic mass is 16.5. The molecule has 1 saturated heterocycles. The van der Waals surface area contributed by atoms with Crippen molar-refractivity contribution in [3.8, 4) is 16.9 Å². The first-order valence-corrected chi connectivity index (χ1v) is 12.9. The van der Waals surface area contributed by atoms with Gasteiger partial charge in [0.05, 0.1) is 12.1 Å². The lowest BCUT2D eigenvalue weighted by Crippen LogP contribution is -2.32. The summed E-state index contributed by atoms with van der Waals surface area (Å²) in [6.45, 7) is 5.09. The number of pyridine rings is 1. The summed E-state index contributed by atoms with van der Waals surface area (Å²) in [5, 5.41) is 2.25. The molecule has 2 aromatic carbocycles. The number of piperidine rings is 1. The van der Waals surface area contributed by atoms with Crippen LogP contribution in [0.15, 0.2) is 48.7 Å². The fourth-order valence-electron chi connectivity index (χ4n) is 5.36. The van der Waals surface area contributed by atoms with Crippen molar-refractivity contribution in [1.29, 1.82) is 0 Å². The number of carbonyl (C=O) groups excluding carboxylic acids is 1. The number of nitrogens with zero attached hydrogens (tertiary/aromatic N) is 2. The monoisotopic (exact) mass is 467 g/mol. The van der Waals surface area contributed by atoms with Crippen molar-refractivity contribution in [1.82, 2.24) is 14.9 Å². The predicted molar refractivity (Wildman–Crippen MR) is 141 cm³/mol. The molecule has 1 aliphatic heterocycles. The van der Waals surface area contributed by atoms with Gasteiger partial charge in [-0.3, -0.25) is 4.79 Å². The molecule has 2 aliphatic rings. The molecule has 0 atom stereocenters. The fourth-order valence-corrected chi connectivity index (χ4v) is 5.36. The zero-order valence-corrected chi connectivity index (χ0v) is 20.6. The molecule has 0 spiro atoms. The lowest BCUT2D eigenvalue weighted by atomic mass is 9.96. The van der Waals surface area contributed by atoms with E-state index in [1.165, 1.54) is 12.8 Å². The Balaban J connectivity index is 1.38. The number of H-pyrrole nitrogens is 1. The van der Waals surface area contributed by atoms with E-state index in [1.54, 1.807) is 0 Å². The van der Waals surface area contributed by atoms with Gasteiger partial charge in [0.1, 0.15) is 17.2 Å². The van der Waals surface area contributed by atoms with Crippen LogP contribution in [0, 0.1) is 18.8 Å². The fraction of sp³-hybridized carbons (Fsp3) is 0.400. The first-order chi connectivity index (χ1) is 17.0. The minimum atomic E-state index is 0.286. The first kappa shape index (κ1) is 22.3. The number of nitrogens with one attached hydrogen (secondary N) is 1. The number of hydrogen-bond acceptors (Lipinski definition) is 4. The van der Waals surface area contributed by atoms with Crippen LogP contribution >= 0.6 is 0 Å². The Morgan fingerprint density at radius 1 is 1.11 bits per heavy atom. The number of rotatable bonds is 7. The van der Waals surface area contributed by atoms with E-state index in [2.05, 4.69) is 71.3 Å². The summed E-state index contributed by atoms with van der Waals surface area (Å²) in [6.07, 6.45) is 6.89. The predicted octanol–water partition coefficient (Wildman–Crippen LogP) is 5.93. The smallest absolute Gasteiger partial charge is 0.143 e. The second-order valence-electron chi connectivity index (χ2n) is 10.6. The molecule has 6 rings (SSSR count). The van der Waals surface area contributed by atoms with Gasteiger partial charge in [0.25, 0.3) is 0 Å². The summed E-state index contributed by atoms with van der Waals surface area (Å²) in [5.74, 6) is 2.13. The third-order valence-electron chi connectivity index (χ3n) is 7.67. The summed E-state index contributed by atoms with van der Waals surface area (Å²) < 4.78 is 6.43. The van der Waals surface area contributed by atoms with Crippen LogP contribution in [-0.2, 0) is 11.2 Å². The van der Waals surface area contributed by atoms with E-state index in [4.69, 9.17) is 4.74 Å². The summed E-state index contributed by atoms with van der Waals surface area (Å²) >= 11 is 0. The molecule has 1 saturated carbocycles. The van der Waals surface area contributed by atoms with Crippen molar-refractivity contribution in [2.24, 2.45) is 11.8 Å². The van der Waals surface area contributed by atoms with Gasteiger partial charge in [-0.25, -0.2) is 4.98 Å². The molecule has 5 heteroatoms. The largest absolute Gasteiger partial charge is 0.491 e. The second-order valence-corrected chi connectivity index (χ2v) is 10.6. The zero-order chi connectivity index (χ0) is 23.9. The Labute approximate surface area is 206 Å². The van der Waals surface area contributed by atoms with Crippen LogP contribution in [0.3, 0.4) is 0 Å². The molecule has 4 aromatic rings. The van der Waals surface area contributed by atoms with Crippen molar-refractivity contribution in [2.45, 2.75) is 39.0 Å². The van der Waals surface area contributed by atoms with Crippen molar-refractivity contribution in [3.63, 3.8) is 0 Å². The van der Waals surface area contributed by atoms with Crippen LogP contribution in [0.5, 0.6) is 5.75 Å². The van der Waals surface area contributed by atoms with Gasteiger partial charge in [-0.2, -0.15) is 0 Å². The number of hydrogen-bond donors (Lipinski definition) is 1. The number of ether oxygens (including phenoxy) is 1. The van der Waals surface area contributed by atoms with E-state index in [9.17, 15) is 4.79 Å². The van der Waals surface area contributed by atoms with E-state index in [0.29, 0.717) is 18.1 Å². The number of benzene rings is 2. The topological polar surface area (TPSA) is 58.2 Å². The number of likely N-dealkylation sites (tertiary alicyclic amines) is 1. The molecule has 0 unspecified atom stereocenters. The van der Waals surface area contributed by atoms with Crippen LogP contribution in [-0.4, -0.2) is 47.4 Å². The van der Waals surface area contributed by atoms with Crippen LogP contribution in [0.25, 0.3) is 33.1 Å². The number of aryl methyl sites for hydroxylation is 1. The molecule has 180 valence electrons. The summed E-state index contributed by atoms with van der Waals surface area (Å²) in [7, 11) is 2.19. The Morgan fingerprint density at radius 3 is 2.74 bits per heavy atom. The van der Waals surface area contributed by atoms with Gasteiger partial charge >= 0.3 is 0 Å². The average Bonchev–Trinajstić information content (AvgIpc) is 3.65. The zero-order valence-electron chi connectivity index (χ0n) is 20.6. The van der Waals surface area contributed by atoms with Gasteiger partial charge < -0.3 is 14.6 Å². The maximum absolute atomic E-state index is 12.4. The summed E-state index contributed by atoms with van der Waals surface area (Å²) in [4.78, 5) is 23.1. The van der Waals surface area contributed by atoms with Crippen LogP contribution in [0.4, 0.5) is 0 Å². The van der Waals surface area contributed by atoms with E-state index in [0.717, 1.165) is 82.5 Å². The average molecular weight is 468 g/mol. The number of aromatic nitrogens is 2. The van der Waals surface area contributed by atoms with Crippen LogP contribution in [0.1, 0.15) is 36.8 Å². The maximum atomic E-state index is 12.4. The molecule has 35 heavy (non-hydrogen) atoms. The van der Waals surface area contributed by atoms with Gasteiger partial charge in [0.15, 0.2) is 0 Å². The Morgan fingerprint density at radius 2 is 1.94 bits per heavy atom. The molecule has 2 fully saturated rings. The summed E-state index contributed by atoms with van der Waals surface area (Å²) in [5.41, 5.74) is 6.37. The molecule has 0 radical (unpaired) electrons. The van der Waals surface area contributed by atoms with Gasteiger partial charge in [0, 0.05) is 29.3 Å². The number of aromatic amines is 1. The highest BCUT2D eigenvalue weighted by Gasteiger charge is 2.29. The van der Waals surface area contributed by atoms with Crippen LogP contribution in [0.2, 0.25) is 0 Å². The SMILES string of the molecule is Cc1cnc2[nH]c3c(OCC4CCN(C)CC4)ccc(-c4cccc(CC(=O)C5CC5)c4)c3c2c1. The van der Waals surface area contributed by atoms with Crippen molar-refractivity contribution < 1.29 is 9.53 Å².